The standard InChI is InChI=1S/C21H16O5/c1-24-17-8-7-13(10-19(17)25-2)18-11-16(23)20-15(22)9-12-5-3-4-6-14(12)21(20)26-18/h3-11,22H,1-2H3. The first kappa shape index (κ1) is 16.0. The van der Waals surface area contributed by atoms with Crippen molar-refractivity contribution in [3.63, 3.8) is 0 Å². The molecule has 130 valence electrons. The number of hydrogen-bond donors (Lipinski definition) is 1. The van der Waals surface area contributed by atoms with Crippen molar-refractivity contribution in [2.45, 2.75) is 0 Å². The second-order valence-electron chi connectivity index (χ2n) is 5.87. The smallest absolute Gasteiger partial charge is 0.197 e. The highest BCUT2D eigenvalue weighted by atomic mass is 16.5. The van der Waals surface area contributed by atoms with E-state index in [0.29, 0.717) is 28.4 Å². The molecule has 0 bridgehead atoms. The summed E-state index contributed by atoms with van der Waals surface area (Å²) in [5.74, 6) is 1.42. The molecule has 0 saturated carbocycles. The van der Waals surface area contributed by atoms with E-state index in [9.17, 15) is 9.90 Å². The van der Waals surface area contributed by atoms with Crippen molar-refractivity contribution in [2.75, 3.05) is 14.2 Å². The van der Waals surface area contributed by atoms with E-state index in [0.717, 1.165) is 10.8 Å². The van der Waals surface area contributed by atoms with Crippen molar-refractivity contribution in [2.24, 2.45) is 0 Å². The van der Waals surface area contributed by atoms with Gasteiger partial charge in [0.1, 0.15) is 22.5 Å². The molecule has 5 heteroatoms. The maximum Gasteiger partial charge on any atom is 0.197 e. The Hall–Kier alpha value is -3.47. The third-order valence-corrected chi connectivity index (χ3v) is 4.37. The minimum Gasteiger partial charge on any atom is -0.507 e. The van der Waals surface area contributed by atoms with Crippen LogP contribution in [0.5, 0.6) is 17.2 Å². The van der Waals surface area contributed by atoms with Crippen LogP contribution in [0.4, 0.5) is 0 Å². The van der Waals surface area contributed by atoms with Crippen molar-refractivity contribution >= 4 is 21.7 Å². The Morgan fingerprint density at radius 3 is 2.46 bits per heavy atom. The number of aromatic hydroxyl groups is 1. The Balaban J connectivity index is 2.03. The number of fused-ring (bicyclic) bond motifs is 3. The lowest BCUT2D eigenvalue weighted by Gasteiger charge is -2.10. The van der Waals surface area contributed by atoms with Gasteiger partial charge in [0.2, 0.25) is 0 Å². The fourth-order valence-corrected chi connectivity index (χ4v) is 3.11. The molecule has 0 amide bonds. The van der Waals surface area contributed by atoms with Crippen molar-refractivity contribution in [1.82, 2.24) is 0 Å². The second kappa shape index (κ2) is 6.11. The highest BCUT2D eigenvalue weighted by Gasteiger charge is 2.15. The third-order valence-electron chi connectivity index (χ3n) is 4.37. The summed E-state index contributed by atoms with van der Waals surface area (Å²) in [4.78, 5) is 12.6. The molecule has 4 aromatic rings. The zero-order valence-electron chi connectivity index (χ0n) is 14.3. The van der Waals surface area contributed by atoms with Gasteiger partial charge in [-0.15, -0.1) is 0 Å². The van der Waals surface area contributed by atoms with Crippen LogP contribution in [-0.4, -0.2) is 19.3 Å². The van der Waals surface area contributed by atoms with Crippen molar-refractivity contribution < 1.29 is 19.0 Å². The molecule has 0 aliphatic heterocycles. The summed E-state index contributed by atoms with van der Waals surface area (Å²) in [6, 6.07) is 15.7. The van der Waals surface area contributed by atoms with E-state index in [4.69, 9.17) is 13.9 Å². The molecule has 0 spiro atoms. The maximum atomic E-state index is 12.6. The third kappa shape index (κ3) is 2.45. The molecular formula is C21H16O5. The van der Waals surface area contributed by atoms with Crippen LogP contribution in [0, 0.1) is 0 Å². The van der Waals surface area contributed by atoms with Gasteiger partial charge in [-0.1, -0.05) is 24.3 Å². The highest BCUT2D eigenvalue weighted by Crippen LogP contribution is 2.36. The molecule has 0 radical (unpaired) electrons. The molecule has 5 nitrogen and oxygen atoms in total. The quantitative estimate of drug-likeness (QED) is 0.558. The number of rotatable bonds is 3. The minimum absolute atomic E-state index is 0.0914. The normalized spacial score (nSPS) is 11.0. The van der Waals surface area contributed by atoms with E-state index in [-0.39, 0.29) is 16.6 Å². The number of methoxy groups -OCH3 is 2. The van der Waals surface area contributed by atoms with Crippen LogP contribution >= 0.6 is 0 Å². The zero-order valence-corrected chi connectivity index (χ0v) is 14.3. The molecule has 1 N–H and O–H groups in total. The summed E-state index contributed by atoms with van der Waals surface area (Å²) < 4.78 is 16.6. The van der Waals surface area contributed by atoms with Gasteiger partial charge in [0.15, 0.2) is 16.9 Å². The summed E-state index contributed by atoms with van der Waals surface area (Å²) in [5, 5.41) is 12.0. The Morgan fingerprint density at radius 2 is 1.69 bits per heavy atom. The summed E-state index contributed by atoms with van der Waals surface area (Å²) in [7, 11) is 3.10. The van der Waals surface area contributed by atoms with Crippen molar-refractivity contribution in [1.29, 1.82) is 0 Å². The van der Waals surface area contributed by atoms with Gasteiger partial charge in [-0.2, -0.15) is 0 Å². The lowest BCUT2D eigenvalue weighted by atomic mass is 10.0. The van der Waals surface area contributed by atoms with E-state index in [1.807, 2.05) is 24.3 Å². The summed E-state index contributed by atoms with van der Waals surface area (Å²) in [5.41, 5.74) is 0.728. The average molecular weight is 348 g/mol. The fourth-order valence-electron chi connectivity index (χ4n) is 3.11. The molecular weight excluding hydrogens is 332 g/mol. The van der Waals surface area contributed by atoms with Crippen molar-refractivity contribution in [3.8, 4) is 28.6 Å². The van der Waals surface area contributed by atoms with E-state index in [2.05, 4.69) is 0 Å². The number of phenolic OH excluding ortho intramolecular Hbond substituents is 1. The van der Waals surface area contributed by atoms with E-state index >= 15 is 0 Å². The van der Waals surface area contributed by atoms with Gasteiger partial charge in [-0.05, 0) is 29.7 Å². The van der Waals surface area contributed by atoms with Crippen LogP contribution in [0.3, 0.4) is 0 Å². The van der Waals surface area contributed by atoms with E-state index in [1.54, 1.807) is 38.5 Å². The predicted octanol–water partition coefficient (Wildman–Crippen LogP) is 4.34. The van der Waals surface area contributed by atoms with Crippen LogP contribution in [-0.2, 0) is 0 Å². The highest BCUT2D eigenvalue weighted by molar-refractivity contribution is 6.07. The van der Waals surface area contributed by atoms with Gasteiger partial charge in [0.25, 0.3) is 0 Å². The Morgan fingerprint density at radius 1 is 0.923 bits per heavy atom. The van der Waals surface area contributed by atoms with Crippen LogP contribution < -0.4 is 14.9 Å². The molecule has 26 heavy (non-hydrogen) atoms. The molecule has 0 atom stereocenters. The number of hydrogen-bond acceptors (Lipinski definition) is 5. The lowest BCUT2D eigenvalue weighted by Crippen LogP contribution is -2.01. The van der Waals surface area contributed by atoms with Gasteiger partial charge < -0.3 is 19.0 Å². The monoisotopic (exact) mass is 348 g/mol. The largest absolute Gasteiger partial charge is 0.507 e. The first-order valence-corrected chi connectivity index (χ1v) is 8.03. The molecule has 1 heterocycles. The Labute approximate surface area is 149 Å². The first-order valence-electron chi connectivity index (χ1n) is 8.03. The molecule has 3 aromatic carbocycles. The van der Waals surface area contributed by atoms with Crippen LogP contribution in [0.1, 0.15) is 0 Å². The Bertz CT molecular complexity index is 1190. The lowest BCUT2D eigenvalue weighted by molar-refractivity contribution is 0.355. The molecule has 0 saturated heterocycles. The van der Waals surface area contributed by atoms with Crippen molar-refractivity contribution in [3.05, 3.63) is 64.8 Å². The molecule has 0 aliphatic rings. The Kier molecular flexibility index (Phi) is 3.77. The predicted molar refractivity (Wildman–Crippen MR) is 100 cm³/mol. The topological polar surface area (TPSA) is 68.9 Å². The fraction of sp³-hybridized carbons (Fsp3) is 0.0952. The zero-order chi connectivity index (χ0) is 18.3. The SMILES string of the molecule is COc1ccc(-c2cc(=O)c3c(O)cc4ccccc4c3o2)cc1OC. The van der Waals surface area contributed by atoms with E-state index < -0.39 is 0 Å². The van der Waals surface area contributed by atoms with Crippen LogP contribution in [0.15, 0.2) is 63.8 Å². The molecule has 4 rings (SSSR count). The van der Waals surface area contributed by atoms with Gasteiger partial charge in [0.05, 0.1) is 14.2 Å². The van der Waals surface area contributed by atoms with Gasteiger partial charge in [-0.3, -0.25) is 4.79 Å². The molecule has 1 aromatic heterocycles. The molecule has 0 unspecified atom stereocenters. The van der Waals surface area contributed by atoms with Gasteiger partial charge >= 0.3 is 0 Å². The second-order valence-corrected chi connectivity index (χ2v) is 5.87. The maximum absolute atomic E-state index is 12.6. The van der Waals surface area contributed by atoms with Crippen LogP contribution in [0.2, 0.25) is 0 Å². The number of ether oxygens (including phenoxy) is 2. The molecule has 0 fully saturated rings. The first-order chi connectivity index (χ1) is 12.6. The average Bonchev–Trinajstić information content (AvgIpc) is 2.67. The van der Waals surface area contributed by atoms with E-state index in [1.165, 1.54) is 6.07 Å². The summed E-state index contributed by atoms with van der Waals surface area (Å²) in [6.07, 6.45) is 0. The molecule has 0 aliphatic carbocycles. The van der Waals surface area contributed by atoms with Gasteiger partial charge in [0, 0.05) is 17.0 Å². The number of phenols is 1. The summed E-state index contributed by atoms with van der Waals surface area (Å²) in [6.45, 7) is 0. The summed E-state index contributed by atoms with van der Waals surface area (Å²) >= 11 is 0. The minimum atomic E-state index is -0.306. The number of benzene rings is 3. The van der Waals surface area contributed by atoms with Crippen LogP contribution in [0.25, 0.3) is 33.1 Å². The van der Waals surface area contributed by atoms with Gasteiger partial charge in [-0.25, -0.2) is 0 Å².